The van der Waals surface area contributed by atoms with Crippen molar-refractivity contribution in [1.29, 1.82) is 0 Å². The highest BCUT2D eigenvalue weighted by molar-refractivity contribution is 7.89. The molecule has 100 valence electrons. The number of rotatable bonds is 3. The van der Waals surface area contributed by atoms with E-state index in [4.69, 9.17) is 10.8 Å². The lowest BCUT2D eigenvalue weighted by molar-refractivity contribution is 0.213. The van der Waals surface area contributed by atoms with Crippen molar-refractivity contribution in [2.24, 2.45) is 0 Å². The van der Waals surface area contributed by atoms with Gasteiger partial charge in [-0.3, -0.25) is 0 Å². The Morgan fingerprint density at radius 2 is 2.22 bits per heavy atom. The standard InChI is InChI=1S/C11H15FN2O3S/c12-8-3-4-11(10(13)6-8)18(16,17)14-5-1-2-9(14)7-15/h3-4,6,9,15H,1-2,5,7,13H2. The van der Waals surface area contributed by atoms with Gasteiger partial charge < -0.3 is 10.8 Å². The van der Waals surface area contributed by atoms with E-state index < -0.39 is 21.9 Å². The van der Waals surface area contributed by atoms with Crippen molar-refractivity contribution in [3.63, 3.8) is 0 Å². The van der Waals surface area contributed by atoms with Crippen LogP contribution in [0.2, 0.25) is 0 Å². The van der Waals surface area contributed by atoms with Crippen LogP contribution in [-0.4, -0.2) is 37.0 Å². The first-order valence-electron chi connectivity index (χ1n) is 5.64. The number of nitrogen functional groups attached to an aromatic ring is 1. The first-order valence-corrected chi connectivity index (χ1v) is 7.08. The highest BCUT2D eigenvalue weighted by atomic mass is 32.2. The molecule has 0 amide bonds. The van der Waals surface area contributed by atoms with E-state index in [0.29, 0.717) is 19.4 Å². The Balaban J connectivity index is 2.42. The van der Waals surface area contributed by atoms with Crippen molar-refractivity contribution in [3.05, 3.63) is 24.0 Å². The number of nitrogens with two attached hydrogens (primary N) is 1. The van der Waals surface area contributed by atoms with Gasteiger partial charge in [0.25, 0.3) is 0 Å². The summed E-state index contributed by atoms with van der Waals surface area (Å²) in [5.41, 5.74) is 5.44. The summed E-state index contributed by atoms with van der Waals surface area (Å²) in [6, 6.07) is 2.79. The maximum Gasteiger partial charge on any atom is 0.245 e. The molecule has 2 rings (SSSR count). The molecule has 0 saturated carbocycles. The fourth-order valence-corrected chi connectivity index (χ4v) is 3.97. The number of nitrogens with zero attached hydrogens (tertiary/aromatic N) is 1. The van der Waals surface area contributed by atoms with E-state index in [1.165, 1.54) is 4.31 Å². The van der Waals surface area contributed by atoms with Crippen LogP contribution in [0.3, 0.4) is 0 Å². The summed E-state index contributed by atoms with van der Waals surface area (Å²) in [5, 5.41) is 9.16. The van der Waals surface area contributed by atoms with Gasteiger partial charge >= 0.3 is 0 Å². The molecule has 1 aliphatic heterocycles. The van der Waals surface area contributed by atoms with Crippen LogP contribution in [0.4, 0.5) is 10.1 Å². The monoisotopic (exact) mass is 274 g/mol. The average Bonchev–Trinajstić information content (AvgIpc) is 2.76. The van der Waals surface area contributed by atoms with Crippen molar-refractivity contribution in [1.82, 2.24) is 4.31 Å². The molecule has 0 aliphatic carbocycles. The molecule has 1 saturated heterocycles. The van der Waals surface area contributed by atoms with E-state index in [1.54, 1.807) is 0 Å². The fourth-order valence-electron chi connectivity index (χ4n) is 2.19. The minimum atomic E-state index is -3.77. The van der Waals surface area contributed by atoms with E-state index in [-0.39, 0.29) is 17.2 Å². The second-order valence-corrected chi connectivity index (χ2v) is 6.14. The Kier molecular flexibility index (Phi) is 3.56. The van der Waals surface area contributed by atoms with Crippen LogP contribution in [0.1, 0.15) is 12.8 Å². The van der Waals surface area contributed by atoms with Crippen molar-refractivity contribution in [2.45, 2.75) is 23.8 Å². The zero-order valence-corrected chi connectivity index (χ0v) is 10.5. The molecule has 0 aromatic heterocycles. The van der Waals surface area contributed by atoms with Gasteiger partial charge in [0.05, 0.1) is 12.3 Å². The van der Waals surface area contributed by atoms with Crippen LogP contribution in [0, 0.1) is 5.82 Å². The lowest BCUT2D eigenvalue weighted by atomic mass is 10.2. The van der Waals surface area contributed by atoms with Crippen LogP contribution in [0.15, 0.2) is 23.1 Å². The van der Waals surface area contributed by atoms with Gasteiger partial charge in [0, 0.05) is 12.6 Å². The summed E-state index contributed by atoms with van der Waals surface area (Å²) in [7, 11) is -3.77. The molecule has 1 fully saturated rings. The molecule has 0 radical (unpaired) electrons. The summed E-state index contributed by atoms with van der Waals surface area (Å²) < 4.78 is 38.9. The topological polar surface area (TPSA) is 83.6 Å². The third-order valence-electron chi connectivity index (χ3n) is 3.09. The van der Waals surface area contributed by atoms with Crippen LogP contribution in [-0.2, 0) is 10.0 Å². The zero-order chi connectivity index (χ0) is 13.3. The Bertz CT molecular complexity index is 547. The smallest absolute Gasteiger partial charge is 0.245 e. The first kappa shape index (κ1) is 13.3. The van der Waals surface area contributed by atoms with Crippen molar-refractivity contribution < 1.29 is 17.9 Å². The number of anilines is 1. The van der Waals surface area contributed by atoms with Crippen molar-refractivity contribution in [2.75, 3.05) is 18.9 Å². The number of aliphatic hydroxyl groups is 1. The lowest BCUT2D eigenvalue weighted by Gasteiger charge is -2.23. The van der Waals surface area contributed by atoms with E-state index in [9.17, 15) is 12.8 Å². The second-order valence-electron chi connectivity index (χ2n) is 4.28. The van der Waals surface area contributed by atoms with Gasteiger partial charge in [0.1, 0.15) is 10.7 Å². The Labute approximate surface area is 105 Å². The third-order valence-corrected chi connectivity index (χ3v) is 5.12. The zero-order valence-electron chi connectivity index (χ0n) is 9.71. The van der Waals surface area contributed by atoms with Gasteiger partial charge in [-0.2, -0.15) is 4.31 Å². The molecule has 1 aromatic rings. The van der Waals surface area contributed by atoms with Crippen LogP contribution < -0.4 is 5.73 Å². The number of sulfonamides is 1. The van der Waals surface area contributed by atoms with E-state index >= 15 is 0 Å². The number of hydrogen-bond donors (Lipinski definition) is 2. The molecule has 1 aromatic carbocycles. The Hall–Kier alpha value is -1.18. The number of hydrogen-bond acceptors (Lipinski definition) is 4. The van der Waals surface area contributed by atoms with Gasteiger partial charge in [-0.25, -0.2) is 12.8 Å². The second kappa shape index (κ2) is 4.83. The highest BCUT2D eigenvalue weighted by Crippen LogP contribution is 2.29. The summed E-state index contributed by atoms with van der Waals surface area (Å²) in [6.45, 7) is 0.130. The van der Waals surface area contributed by atoms with Crippen LogP contribution >= 0.6 is 0 Å². The molecule has 5 nitrogen and oxygen atoms in total. The first-order chi connectivity index (χ1) is 8.46. The van der Waals surface area contributed by atoms with Gasteiger partial charge in [0.2, 0.25) is 10.0 Å². The van der Waals surface area contributed by atoms with Gasteiger partial charge in [0.15, 0.2) is 0 Å². The Morgan fingerprint density at radius 3 is 2.83 bits per heavy atom. The quantitative estimate of drug-likeness (QED) is 0.789. The van der Waals surface area contributed by atoms with E-state index in [2.05, 4.69) is 0 Å². The Morgan fingerprint density at radius 1 is 1.50 bits per heavy atom. The van der Waals surface area contributed by atoms with Crippen LogP contribution in [0.25, 0.3) is 0 Å². The number of aliphatic hydroxyl groups excluding tert-OH is 1. The molecular weight excluding hydrogens is 259 g/mol. The lowest BCUT2D eigenvalue weighted by Crippen LogP contribution is -2.37. The molecular formula is C11H15FN2O3S. The van der Waals surface area contributed by atoms with Gasteiger partial charge in [-0.15, -0.1) is 0 Å². The minimum absolute atomic E-state index is 0.107. The minimum Gasteiger partial charge on any atom is -0.398 e. The molecule has 1 heterocycles. The van der Waals surface area contributed by atoms with Crippen LogP contribution in [0.5, 0.6) is 0 Å². The van der Waals surface area contributed by atoms with Gasteiger partial charge in [-0.05, 0) is 31.0 Å². The molecule has 7 heteroatoms. The van der Waals surface area contributed by atoms with Crippen molar-refractivity contribution in [3.8, 4) is 0 Å². The fraction of sp³-hybridized carbons (Fsp3) is 0.455. The molecule has 18 heavy (non-hydrogen) atoms. The predicted octanol–water partition coefficient (Wildman–Crippen LogP) is 0.553. The SMILES string of the molecule is Nc1cc(F)ccc1S(=O)(=O)N1CCCC1CO. The molecule has 1 unspecified atom stereocenters. The number of halogens is 1. The predicted molar refractivity (Wildman–Crippen MR) is 64.8 cm³/mol. The molecule has 0 spiro atoms. The average molecular weight is 274 g/mol. The molecule has 1 aliphatic rings. The maximum absolute atomic E-state index is 12.9. The highest BCUT2D eigenvalue weighted by Gasteiger charge is 2.35. The third kappa shape index (κ3) is 2.21. The van der Waals surface area contributed by atoms with Crippen molar-refractivity contribution >= 4 is 15.7 Å². The van der Waals surface area contributed by atoms with E-state index in [1.807, 2.05) is 0 Å². The van der Waals surface area contributed by atoms with Gasteiger partial charge in [-0.1, -0.05) is 0 Å². The number of benzene rings is 1. The largest absolute Gasteiger partial charge is 0.398 e. The summed E-state index contributed by atoms with van der Waals surface area (Å²) >= 11 is 0. The molecule has 0 bridgehead atoms. The summed E-state index contributed by atoms with van der Waals surface area (Å²) in [6.07, 6.45) is 1.32. The van der Waals surface area contributed by atoms with E-state index in [0.717, 1.165) is 18.2 Å². The molecule has 3 N–H and O–H groups in total. The summed E-state index contributed by atoms with van der Waals surface area (Å²) in [5.74, 6) is -0.577. The molecule has 1 atom stereocenters. The maximum atomic E-state index is 12.9. The summed E-state index contributed by atoms with van der Waals surface area (Å²) in [4.78, 5) is -0.107. The normalized spacial score (nSPS) is 21.3.